The largest absolute Gasteiger partial charge is 0.497 e. The van der Waals surface area contributed by atoms with Gasteiger partial charge in [-0.05, 0) is 82.4 Å². The smallest absolute Gasteiger partial charge is 0.407 e. The Kier molecular flexibility index (Phi) is 12.8. The zero-order valence-electron chi connectivity index (χ0n) is 36.1. The molecule has 0 spiro atoms. The van der Waals surface area contributed by atoms with Gasteiger partial charge in [0.05, 0.1) is 42.8 Å². The first-order valence-corrected chi connectivity index (χ1v) is 20.0. The van der Waals surface area contributed by atoms with E-state index in [-0.39, 0.29) is 36.5 Å². The van der Waals surface area contributed by atoms with Crippen molar-refractivity contribution in [2.24, 2.45) is 22.7 Å². The lowest BCUT2D eigenvalue weighted by molar-refractivity contribution is -0.346. The maximum absolute atomic E-state index is 15.3. The third-order valence-electron chi connectivity index (χ3n) is 12.8. The maximum Gasteiger partial charge on any atom is 0.407 e. The van der Waals surface area contributed by atoms with Crippen molar-refractivity contribution in [2.75, 3.05) is 20.8 Å². The second-order valence-electron chi connectivity index (χ2n) is 18.5. The Labute approximate surface area is 345 Å². The lowest BCUT2D eigenvalue weighted by atomic mass is 9.44. The molecule has 4 aliphatic rings. The van der Waals surface area contributed by atoms with Crippen molar-refractivity contribution < 1.29 is 72.5 Å². The van der Waals surface area contributed by atoms with Gasteiger partial charge in [-0.2, -0.15) is 0 Å². The van der Waals surface area contributed by atoms with Crippen LogP contribution >= 0.6 is 0 Å². The summed E-state index contributed by atoms with van der Waals surface area (Å²) in [6, 6.07) is 4.85. The number of nitrogens with one attached hydrogen (secondary N) is 1. The predicted molar refractivity (Wildman–Crippen MR) is 209 cm³/mol. The number of carbonyl (C=O) groups is 5. The SMILES string of the molecule is COc1ccc(C(=O)O[C@H]2C3[C@](C)(C(=O)[C@H](OC)C4=C(C)[C@@H](OC(=O)[C@H](O)[C@H](CC(C)C)NC(=O)OC(C)(C)C)C[C@]2(O)C4(C)C)[C@@H](O)C[C@H]2OC[C@@]32OC(C)=O)cc1. The minimum atomic E-state index is -2.28. The minimum Gasteiger partial charge on any atom is -0.497 e. The highest BCUT2D eigenvalue weighted by Crippen LogP contribution is 2.64. The van der Waals surface area contributed by atoms with E-state index in [0.717, 1.165) is 0 Å². The lowest BCUT2D eigenvalue weighted by Gasteiger charge is -2.67. The fraction of sp³-hybridized carbons (Fsp3) is 0.698. The van der Waals surface area contributed by atoms with Crippen molar-refractivity contribution >= 4 is 29.8 Å². The van der Waals surface area contributed by atoms with E-state index >= 15 is 4.79 Å². The molecule has 1 aromatic rings. The van der Waals surface area contributed by atoms with E-state index < -0.39 is 112 Å². The van der Waals surface area contributed by atoms with Gasteiger partial charge in [0.1, 0.15) is 41.4 Å². The molecule has 4 N–H and O–H groups in total. The summed E-state index contributed by atoms with van der Waals surface area (Å²) in [7, 11) is 2.76. The molecule has 16 heteroatoms. The molecule has 1 unspecified atom stereocenters. The molecule has 11 atom stereocenters. The first-order chi connectivity index (χ1) is 27.3. The van der Waals surface area contributed by atoms with Crippen molar-refractivity contribution in [3.8, 4) is 5.75 Å². The van der Waals surface area contributed by atoms with Crippen LogP contribution in [0.15, 0.2) is 35.4 Å². The van der Waals surface area contributed by atoms with Crippen LogP contribution < -0.4 is 10.1 Å². The highest BCUT2D eigenvalue weighted by Gasteiger charge is 2.78. The van der Waals surface area contributed by atoms with Crippen LogP contribution in [-0.2, 0) is 42.8 Å². The zero-order chi connectivity index (χ0) is 44.2. The van der Waals surface area contributed by atoms with Gasteiger partial charge in [-0.3, -0.25) is 9.59 Å². The number of ether oxygens (including phenoxy) is 7. The standard InChI is InChI=1S/C43H61NO15/c1-21(2)17-26(44-38(51)59-39(5,6)7)31(47)37(50)56-27-19-43(52)35(57-36(49)24-13-15-25(53-11)16-14-24)33-41(10,28(46)18-29-42(33,20-55-29)58-23(4)45)34(48)32(54-12)30(22(27)3)40(43,8)9/h13-16,21,26-29,31-33,35,46-47,52H,17-20H2,1-12H3,(H,44,51)/t26-,27-,28-,29+,31+,32+,33?,35-,41+,42-,43+/m0/s1. The molecule has 328 valence electrons. The van der Waals surface area contributed by atoms with Crippen molar-refractivity contribution in [1.82, 2.24) is 5.32 Å². The summed E-state index contributed by atoms with van der Waals surface area (Å²) in [5.41, 5.74) is -7.67. The molecule has 1 amide bonds. The highest BCUT2D eigenvalue weighted by atomic mass is 16.6. The molecule has 5 rings (SSSR count). The number of fused-ring (bicyclic) bond motifs is 5. The molecule has 3 fully saturated rings. The molecular formula is C43H61NO15. The zero-order valence-corrected chi connectivity index (χ0v) is 36.1. The van der Waals surface area contributed by atoms with Crippen LogP contribution in [0.4, 0.5) is 4.79 Å². The number of benzene rings is 1. The molecule has 1 heterocycles. The number of ketones is 1. The van der Waals surface area contributed by atoms with Crippen LogP contribution in [0.3, 0.4) is 0 Å². The summed E-state index contributed by atoms with van der Waals surface area (Å²) in [4.78, 5) is 69.4. The second kappa shape index (κ2) is 16.4. The number of esters is 3. The van der Waals surface area contributed by atoms with E-state index in [1.165, 1.54) is 40.2 Å². The van der Waals surface area contributed by atoms with Crippen LogP contribution in [0.2, 0.25) is 0 Å². The Bertz CT molecular complexity index is 1830. The number of methoxy groups -OCH3 is 2. The van der Waals surface area contributed by atoms with Crippen LogP contribution in [0, 0.1) is 22.7 Å². The summed E-state index contributed by atoms with van der Waals surface area (Å²) in [5.74, 6) is -4.56. The third-order valence-corrected chi connectivity index (χ3v) is 12.8. The monoisotopic (exact) mass is 831 g/mol. The van der Waals surface area contributed by atoms with E-state index in [4.69, 9.17) is 33.2 Å². The quantitative estimate of drug-likeness (QED) is 0.142. The predicted octanol–water partition coefficient (Wildman–Crippen LogP) is 3.60. The number of aliphatic hydroxyl groups excluding tert-OH is 2. The molecule has 2 bridgehead atoms. The van der Waals surface area contributed by atoms with Crippen molar-refractivity contribution in [3.05, 3.63) is 41.0 Å². The molecule has 0 radical (unpaired) electrons. The van der Waals surface area contributed by atoms with Crippen molar-refractivity contribution in [2.45, 2.75) is 148 Å². The van der Waals surface area contributed by atoms with E-state index in [0.29, 0.717) is 11.3 Å². The molecular weight excluding hydrogens is 770 g/mol. The fourth-order valence-corrected chi connectivity index (χ4v) is 9.72. The minimum absolute atomic E-state index is 0.0545. The van der Waals surface area contributed by atoms with Gasteiger partial charge in [0.15, 0.2) is 17.5 Å². The fourth-order valence-electron chi connectivity index (χ4n) is 9.72. The molecule has 59 heavy (non-hydrogen) atoms. The lowest BCUT2D eigenvalue weighted by Crippen LogP contribution is -2.81. The van der Waals surface area contributed by atoms with Crippen LogP contribution in [0.1, 0.15) is 98.9 Å². The Hall–Kier alpha value is -4.09. The molecule has 1 aromatic carbocycles. The molecule has 1 saturated heterocycles. The number of Topliss-reactive ketones (excluding diaryl/α,β-unsaturated/α-hetero) is 1. The summed E-state index contributed by atoms with van der Waals surface area (Å²) in [6.07, 6.45) is -10.2. The van der Waals surface area contributed by atoms with Crippen LogP contribution in [0.5, 0.6) is 5.75 Å². The van der Waals surface area contributed by atoms with Gasteiger partial charge < -0.3 is 53.8 Å². The van der Waals surface area contributed by atoms with E-state index in [1.54, 1.807) is 53.7 Å². The Morgan fingerprint density at radius 2 is 1.66 bits per heavy atom. The molecule has 0 aromatic heterocycles. The van der Waals surface area contributed by atoms with Crippen molar-refractivity contribution in [3.63, 3.8) is 0 Å². The molecule has 3 aliphatic carbocycles. The van der Waals surface area contributed by atoms with Crippen molar-refractivity contribution in [1.29, 1.82) is 0 Å². The van der Waals surface area contributed by atoms with E-state index in [2.05, 4.69) is 5.32 Å². The number of hydrogen-bond acceptors (Lipinski definition) is 15. The molecule has 1 aliphatic heterocycles. The number of rotatable bonds is 11. The average Bonchev–Trinajstić information content (AvgIpc) is 3.13. The Balaban J connectivity index is 1.69. The topological polar surface area (TPSA) is 223 Å². The first kappa shape index (κ1) is 46.0. The normalized spacial score (nSPS) is 33.5. The molecule has 16 nitrogen and oxygen atoms in total. The summed E-state index contributed by atoms with van der Waals surface area (Å²) >= 11 is 0. The van der Waals surface area contributed by atoms with Gasteiger partial charge in [-0.15, -0.1) is 0 Å². The number of aliphatic hydroxyl groups is 3. The summed E-state index contributed by atoms with van der Waals surface area (Å²) < 4.78 is 41.0. The van der Waals surface area contributed by atoms with Crippen LogP contribution in [-0.4, -0.2) is 125 Å². The maximum atomic E-state index is 15.3. The Morgan fingerprint density at radius 3 is 2.17 bits per heavy atom. The van der Waals surface area contributed by atoms with E-state index in [1.807, 2.05) is 13.8 Å². The number of carbonyl (C=O) groups excluding carboxylic acids is 5. The Morgan fingerprint density at radius 1 is 1.03 bits per heavy atom. The van der Waals surface area contributed by atoms with Gasteiger partial charge in [0.25, 0.3) is 0 Å². The van der Waals surface area contributed by atoms with Gasteiger partial charge in [0, 0.05) is 32.3 Å². The second-order valence-corrected chi connectivity index (χ2v) is 18.5. The third kappa shape index (κ3) is 8.10. The van der Waals surface area contributed by atoms with Gasteiger partial charge in [-0.25, -0.2) is 14.4 Å². The summed E-state index contributed by atoms with van der Waals surface area (Å²) in [5, 5.41) is 39.6. The van der Waals surface area contributed by atoms with E-state index in [9.17, 15) is 34.5 Å². The van der Waals surface area contributed by atoms with Gasteiger partial charge in [-0.1, -0.05) is 27.7 Å². The highest BCUT2D eigenvalue weighted by molar-refractivity contribution is 5.94. The van der Waals surface area contributed by atoms with Gasteiger partial charge >= 0.3 is 24.0 Å². The number of amides is 1. The van der Waals surface area contributed by atoms with Gasteiger partial charge in [0.2, 0.25) is 0 Å². The first-order valence-electron chi connectivity index (χ1n) is 20.0. The number of alkyl carbamates (subject to hydrolysis) is 1. The molecule has 2 saturated carbocycles. The number of hydrogen-bond donors (Lipinski definition) is 4. The van der Waals surface area contributed by atoms with Crippen LogP contribution in [0.25, 0.3) is 0 Å². The summed E-state index contributed by atoms with van der Waals surface area (Å²) in [6.45, 7) is 16.0. The average molecular weight is 832 g/mol.